The molecule has 1 amide bonds. The minimum absolute atomic E-state index is 0.000564. The molecule has 2 unspecified atom stereocenters. The fraction of sp³-hybridized carbons (Fsp3) is 0.318. The molecule has 0 saturated carbocycles. The molecule has 1 aliphatic rings. The number of imidazole rings is 1. The van der Waals surface area contributed by atoms with Crippen LogP contribution in [0.2, 0.25) is 0 Å². The van der Waals surface area contributed by atoms with E-state index >= 15 is 0 Å². The maximum atomic E-state index is 13.8. The van der Waals surface area contributed by atoms with E-state index in [1.54, 1.807) is 6.20 Å². The van der Waals surface area contributed by atoms with Crippen LogP contribution in [0, 0.1) is 0 Å². The van der Waals surface area contributed by atoms with Crippen LogP contribution in [-0.4, -0.2) is 57.4 Å². The molecule has 1 saturated heterocycles. The molecule has 0 radical (unpaired) electrons. The Bertz CT molecular complexity index is 1240. The topological polar surface area (TPSA) is 74.6 Å². The molecule has 7 nitrogen and oxygen atoms in total. The third-order valence-electron chi connectivity index (χ3n) is 5.61. The van der Waals surface area contributed by atoms with Crippen LogP contribution in [-0.2, 0) is 0 Å². The SMILES string of the molecule is CNc1c(C(=O)N2CC(C)NC(C)C2)c2nc3ccccc3n2c2ncccc12. The van der Waals surface area contributed by atoms with Crippen LogP contribution in [0.1, 0.15) is 24.2 Å². The summed E-state index contributed by atoms with van der Waals surface area (Å²) >= 11 is 0. The summed E-state index contributed by atoms with van der Waals surface area (Å²) < 4.78 is 2.01. The molecular formula is C22H24N6O. The number of carbonyl (C=O) groups is 1. The predicted octanol–water partition coefficient (Wildman–Crippen LogP) is 2.90. The number of rotatable bonds is 2. The average Bonchev–Trinajstić information content (AvgIpc) is 3.11. The van der Waals surface area contributed by atoms with Crippen LogP contribution >= 0.6 is 0 Å². The van der Waals surface area contributed by atoms with E-state index in [0.29, 0.717) is 24.3 Å². The van der Waals surface area contributed by atoms with Crippen LogP contribution in [0.4, 0.5) is 5.69 Å². The van der Waals surface area contributed by atoms with Crippen molar-refractivity contribution in [2.45, 2.75) is 25.9 Å². The number of carbonyl (C=O) groups excluding carboxylic acids is 1. The van der Waals surface area contributed by atoms with Gasteiger partial charge in [0.1, 0.15) is 11.2 Å². The summed E-state index contributed by atoms with van der Waals surface area (Å²) in [6.07, 6.45) is 1.77. The monoisotopic (exact) mass is 388 g/mol. The van der Waals surface area contributed by atoms with Crippen molar-refractivity contribution in [2.75, 3.05) is 25.5 Å². The third-order valence-corrected chi connectivity index (χ3v) is 5.61. The molecule has 0 aliphatic carbocycles. The molecule has 0 bridgehead atoms. The zero-order valence-electron chi connectivity index (χ0n) is 16.8. The summed E-state index contributed by atoms with van der Waals surface area (Å²) in [7, 11) is 1.85. The van der Waals surface area contributed by atoms with Gasteiger partial charge in [-0.3, -0.25) is 9.20 Å². The first-order valence-corrected chi connectivity index (χ1v) is 9.99. The Balaban J connectivity index is 1.85. The summed E-state index contributed by atoms with van der Waals surface area (Å²) in [6, 6.07) is 12.3. The second kappa shape index (κ2) is 6.70. The minimum atomic E-state index is 0.000564. The van der Waals surface area contributed by atoms with Gasteiger partial charge in [0, 0.05) is 43.8 Å². The van der Waals surface area contributed by atoms with Crippen LogP contribution in [0.3, 0.4) is 0 Å². The number of anilines is 1. The summed E-state index contributed by atoms with van der Waals surface area (Å²) in [6.45, 7) is 5.56. The number of piperazine rings is 1. The number of nitrogens with zero attached hydrogens (tertiary/aromatic N) is 4. The molecule has 1 fully saturated rings. The maximum absolute atomic E-state index is 13.8. The van der Waals surface area contributed by atoms with E-state index in [2.05, 4.69) is 29.5 Å². The van der Waals surface area contributed by atoms with Crippen molar-refractivity contribution >= 4 is 39.3 Å². The lowest BCUT2D eigenvalue weighted by Crippen LogP contribution is -2.55. The van der Waals surface area contributed by atoms with E-state index in [1.807, 2.05) is 52.7 Å². The van der Waals surface area contributed by atoms with E-state index in [9.17, 15) is 4.79 Å². The van der Waals surface area contributed by atoms with E-state index < -0.39 is 0 Å². The van der Waals surface area contributed by atoms with Crippen molar-refractivity contribution in [1.82, 2.24) is 24.6 Å². The summed E-state index contributed by atoms with van der Waals surface area (Å²) in [5.74, 6) is 0.000564. The molecule has 4 heterocycles. The highest BCUT2D eigenvalue weighted by Crippen LogP contribution is 2.33. The van der Waals surface area contributed by atoms with Gasteiger partial charge in [-0.1, -0.05) is 12.1 Å². The Morgan fingerprint density at radius 2 is 1.86 bits per heavy atom. The highest BCUT2D eigenvalue weighted by Gasteiger charge is 2.30. The lowest BCUT2D eigenvalue weighted by atomic mass is 10.1. The van der Waals surface area contributed by atoms with Gasteiger partial charge in [-0.2, -0.15) is 0 Å². The number of hydrogen-bond donors (Lipinski definition) is 2. The van der Waals surface area contributed by atoms with Gasteiger partial charge in [-0.25, -0.2) is 9.97 Å². The van der Waals surface area contributed by atoms with Crippen molar-refractivity contribution in [2.24, 2.45) is 0 Å². The largest absolute Gasteiger partial charge is 0.387 e. The van der Waals surface area contributed by atoms with Gasteiger partial charge in [0.2, 0.25) is 0 Å². The molecule has 2 atom stereocenters. The summed E-state index contributed by atoms with van der Waals surface area (Å²) in [5, 5.41) is 7.66. The highest BCUT2D eigenvalue weighted by molar-refractivity contribution is 6.13. The van der Waals surface area contributed by atoms with Crippen LogP contribution in [0.15, 0.2) is 42.6 Å². The number of fused-ring (bicyclic) bond motifs is 5. The van der Waals surface area contributed by atoms with Crippen molar-refractivity contribution in [3.8, 4) is 0 Å². The zero-order valence-corrected chi connectivity index (χ0v) is 16.8. The molecular weight excluding hydrogens is 364 g/mol. The quantitative estimate of drug-likeness (QED) is 0.552. The standard InChI is InChI=1S/C22H24N6O/c1-13-11-27(12-14(2)25-13)22(29)18-19(23-3)15-7-6-10-24-20(15)28-17-9-5-4-8-16(17)26-21(18)28/h4-10,13-14,23,25H,11-12H2,1-3H3. The van der Waals surface area contributed by atoms with Gasteiger partial charge < -0.3 is 15.5 Å². The van der Waals surface area contributed by atoms with Crippen molar-refractivity contribution in [3.05, 3.63) is 48.2 Å². The Kier molecular flexibility index (Phi) is 4.13. The highest BCUT2D eigenvalue weighted by atomic mass is 16.2. The molecule has 1 aliphatic heterocycles. The lowest BCUT2D eigenvalue weighted by Gasteiger charge is -2.36. The number of benzene rings is 1. The summed E-state index contributed by atoms with van der Waals surface area (Å²) in [5.41, 5.74) is 4.61. The molecule has 29 heavy (non-hydrogen) atoms. The minimum Gasteiger partial charge on any atom is -0.387 e. The fourth-order valence-corrected chi connectivity index (χ4v) is 4.54. The Morgan fingerprint density at radius 3 is 2.62 bits per heavy atom. The van der Waals surface area contributed by atoms with Crippen molar-refractivity contribution < 1.29 is 4.79 Å². The molecule has 7 heteroatoms. The number of para-hydroxylation sites is 2. The zero-order chi connectivity index (χ0) is 20.1. The third kappa shape index (κ3) is 2.73. The Hall–Kier alpha value is -3.19. The molecule has 0 spiro atoms. The Morgan fingerprint density at radius 1 is 1.10 bits per heavy atom. The molecule has 2 N–H and O–H groups in total. The first-order chi connectivity index (χ1) is 14.1. The van der Waals surface area contributed by atoms with E-state index in [-0.39, 0.29) is 18.0 Å². The summed E-state index contributed by atoms with van der Waals surface area (Å²) in [4.78, 5) is 25.2. The van der Waals surface area contributed by atoms with E-state index in [4.69, 9.17) is 4.98 Å². The number of hydrogen-bond acceptors (Lipinski definition) is 5. The second-order valence-electron chi connectivity index (χ2n) is 7.81. The van der Waals surface area contributed by atoms with E-state index in [1.165, 1.54) is 0 Å². The molecule has 3 aromatic heterocycles. The van der Waals surface area contributed by atoms with Crippen molar-refractivity contribution in [3.63, 3.8) is 0 Å². The van der Waals surface area contributed by atoms with Crippen LogP contribution < -0.4 is 10.6 Å². The van der Waals surface area contributed by atoms with Gasteiger partial charge >= 0.3 is 0 Å². The fourth-order valence-electron chi connectivity index (χ4n) is 4.54. The normalized spacial score (nSPS) is 19.9. The van der Waals surface area contributed by atoms with Gasteiger partial charge in [0.15, 0.2) is 5.65 Å². The van der Waals surface area contributed by atoms with Gasteiger partial charge in [0.05, 0.1) is 16.7 Å². The van der Waals surface area contributed by atoms with Crippen LogP contribution in [0.25, 0.3) is 27.7 Å². The van der Waals surface area contributed by atoms with Gasteiger partial charge in [-0.15, -0.1) is 0 Å². The number of amides is 1. The second-order valence-corrected chi connectivity index (χ2v) is 7.81. The van der Waals surface area contributed by atoms with Gasteiger partial charge in [0.25, 0.3) is 5.91 Å². The number of nitrogens with one attached hydrogen (secondary N) is 2. The van der Waals surface area contributed by atoms with Crippen molar-refractivity contribution in [1.29, 1.82) is 0 Å². The number of aromatic nitrogens is 3. The number of pyridine rings is 2. The molecule has 1 aromatic carbocycles. The van der Waals surface area contributed by atoms with Gasteiger partial charge in [-0.05, 0) is 38.1 Å². The van der Waals surface area contributed by atoms with Crippen LogP contribution in [0.5, 0.6) is 0 Å². The Labute approximate surface area is 168 Å². The first kappa shape index (κ1) is 17.9. The molecule has 4 aromatic rings. The molecule has 5 rings (SSSR count). The van der Waals surface area contributed by atoms with E-state index in [0.717, 1.165) is 27.8 Å². The average molecular weight is 388 g/mol. The smallest absolute Gasteiger partial charge is 0.259 e. The lowest BCUT2D eigenvalue weighted by molar-refractivity contribution is 0.0676. The molecule has 148 valence electrons. The maximum Gasteiger partial charge on any atom is 0.259 e. The first-order valence-electron chi connectivity index (χ1n) is 9.99. The predicted molar refractivity (Wildman–Crippen MR) is 116 cm³/mol.